The number of aliphatic hydroxyl groups excluding tert-OH is 1. The van der Waals surface area contributed by atoms with Crippen LogP contribution >= 0.6 is 11.6 Å². The second-order valence-electron chi connectivity index (χ2n) is 4.31. The summed E-state index contributed by atoms with van der Waals surface area (Å²) < 4.78 is 0. The summed E-state index contributed by atoms with van der Waals surface area (Å²) in [7, 11) is 0. The van der Waals surface area contributed by atoms with Gasteiger partial charge in [0.2, 0.25) is 0 Å². The van der Waals surface area contributed by atoms with Gasteiger partial charge in [-0.2, -0.15) is 0 Å². The van der Waals surface area contributed by atoms with Crippen LogP contribution in [-0.4, -0.2) is 16.2 Å². The zero-order chi connectivity index (χ0) is 12.8. The summed E-state index contributed by atoms with van der Waals surface area (Å²) in [5.74, 6) is 0. The molecule has 1 unspecified atom stereocenters. The number of aliphatic hydroxyl groups is 1. The van der Waals surface area contributed by atoms with Gasteiger partial charge in [0.05, 0.1) is 6.10 Å². The van der Waals surface area contributed by atoms with Gasteiger partial charge < -0.3 is 5.11 Å². The van der Waals surface area contributed by atoms with E-state index in [1.165, 1.54) is 0 Å². The number of aryl methyl sites for hydroxylation is 1. The highest BCUT2D eigenvalue weighted by molar-refractivity contribution is 6.31. The monoisotopic (exact) mass is 261 g/mol. The molecule has 0 radical (unpaired) electrons. The molecular formula is C15H16ClNO. The first-order valence-corrected chi connectivity index (χ1v) is 6.45. The maximum absolute atomic E-state index is 10.0. The quantitative estimate of drug-likeness (QED) is 0.896. The van der Waals surface area contributed by atoms with Crippen molar-refractivity contribution < 1.29 is 5.11 Å². The molecule has 1 atom stereocenters. The predicted octanol–water partition coefficient (Wildman–Crippen LogP) is 3.27. The van der Waals surface area contributed by atoms with Gasteiger partial charge in [0.15, 0.2) is 0 Å². The lowest BCUT2D eigenvalue weighted by Gasteiger charge is -2.11. The molecule has 3 heteroatoms. The van der Waals surface area contributed by atoms with Crippen molar-refractivity contribution in [1.82, 2.24) is 4.98 Å². The summed E-state index contributed by atoms with van der Waals surface area (Å²) in [4.78, 5) is 4.24. The summed E-state index contributed by atoms with van der Waals surface area (Å²) >= 11 is 6.06. The van der Waals surface area contributed by atoms with E-state index in [9.17, 15) is 5.11 Å². The molecular weight excluding hydrogens is 246 g/mol. The van der Waals surface area contributed by atoms with E-state index in [-0.39, 0.29) is 6.10 Å². The molecule has 1 N–H and O–H groups in total. The molecule has 18 heavy (non-hydrogen) atoms. The number of hydrogen-bond donors (Lipinski definition) is 1. The third-order valence-corrected chi connectivity index (χ3v) is 3.24. The molecule has 0 amide bonds. The van der Waals surface area contributed by atoms with Crippen LogP contribution in [-0.2, 0) is 12.8 Å². The lowest BCUT2D eigenvalue weighted by molar-refractivity contribution is 0.165. The number of halogens is 1. The van der Waals surface area contributed by atoms with Gasteiger partial charge in [0, 0.05) is 16.9 Å². The number of nitrogens with zero attached hydrogens (tertiary/aromatic N) is 1. The Morgan fingerprint density at radius 1 is 1.11 bits per heavy atom. The minimum Gasteiger partial charge on any atom is -0.393 e. The van der Waals surface area contributed by atoms with E-state index in [4.69, 9.17) is 11.6 Å². The Hall–Kier alpha value is -1.38. The van der Waals surface area contributed by atoms with Crippen molar-refractivity contribution in [2.45, 2.75) is 25.4 Å². The summed E-state index contributed by atoms with van der Waals surface area (Å²) in [5.41, 5.74) is 2.00. The van der Waals surface area contributed by atoms with Gasteiger partial charge >= 0.3 is 0 Å². The van der Waals surface area contributed by atoms with Crippen LogP contribution in [0.2, 0.25) is 5.02 Å². The van der Waals surface area contributed by atoms with Gasteiger partial charge in [-0.25, -0.2) is 0 Å². The Labute approximate surface area is 112 Å². The van der Waals surface area contributed by atoms with Crippen molar-refractivity contribution >= 4 is 11.6 Å². The van der Waals surface area contributed by atoms with Gasteiger partial charge in [-0.3, -0.25) is 4.98 Å². The van der Waals surface area contributed by atoms with Gasteiger partial charge in [-0.1, -0.05) is 35.9 Å². The average Bonchev–Trinajstić information content (AvgIpc) is 2.40. The van der Waals surface area contributed by atoms with E-state index in [2.05, 4.69) is 4.98 Å². The Balaban J connectivity index is 1.86. The number of rotatable bonds is 5. The largest absolute Gasteiger partial charge is 0.393 e. The number of benzene rings is 1. The third-order valence-electron chi connectivity index (χ3n) is 2.87. The summed E-state index contributed by atoms with van der Waals surface area (Å²) in [5, 5.41) is 10.7. The standard InChI is InChI=1S/C15H16ClNO/c16-15-7-2-1-5-12(15)11-14(18)9-8-13-6-3-4-10-17-13/h1-7,10,14,18H,8-9,11H2. The molecule has 2 rings (SSSR count). The molecule has 1 aromatic carbocycles. The fourth-order valence-electron chi connectivity index (χ4n) is 1.88. The van der Waals surface area contributed by atoms with E-state index in [0.29, 0.717) is 12.8 Å². The van der Waals surface area contributed by atoms with E-state index in [1.807, 2.05) is 42.5 Å². The molecule has 0 spiro atoms. The molecule has 0 aliphatic heterocycles. The number of aromatic nitrogens is 1. The smallest absolute Gasteiger partial charge is 0.0584 e. The number of hydrogen-bond acceptors (Lipinski definition) is 2. The van der Waals surface area contributed by atoms with Crippen LogP contribution in [0.15, 0.2) is 48.7 Å². The zero-order valence-corrected chi connectivity index (χ0v) is 10.8. The van der Waals surface area contributed by atoms with Crippen LogP contribution in [0.25, 0.3) is 0 Å². The molecule has 2 aromatic rings. The van der Waals surface area contributed by atoms with Crippen molar-refractivity contribution in [2.75, 3.05) is 0 Å². The fourth-order valence-corrected chi connectivity index (χ4v) is 2.09. The molecule has 0 aliphatic carbocycles. The van der Waals surface area contributed by atoms with Crippen molar-refractivity contribution in [3.05, 3.63) is 64.9 Å². The van der Waals surface area contributed by atoms with E-state index in [1.54, 1.807) is 6.20 Å². The van der Waals surface area contributed by atoms with Crippen molar-refractivity contribution in [3.63, 3.8) is 0 Å². The van der Waals surface area contributed by atoms with Crippen LogP contribution in [0.3, 0.4) is 0 Å². The van der Waals surface area contributed by atoms with E-state index >= 15 is 0 Å². The highest BCUT2D eigenvalue weighted by Crippen LogP contribution is 2.18. The number of pyridine rings is 1. The minimum atomic E-state index is -0.382. The first-order valence-electron chi connectivity index (χ1n) is 6.07. The fraction of sp³-hybridized carbons (Fsp3) is 0.267. The molecule has 94 valence electrons. The SMILES string of the molecule is OC(CCc1ccccn1)Cc1ccccc1Cl. The zero-order valence-electron chi connectivity index (χ0n) is 10.1. The molecule has 0 saturated heterocycles. The van der Waals surface area contributed by atoms with Crippen molar-refractivity contribution in [1.29, 1.82) is 0 Å². The van der Waals surface area contributed by atoms with Crippen LogP contribution in [0.5, 0.6) is 0 Å². The van der Waals surface area contributed by atoms with Crippen LogP contribution in [0.1, 0.15) is 17.7 Å². The van der Waals surface area contributed by atoms with Crippen LogP contribution in [0.4, 0.5) is 0 Å². The Kier molecular flexibility index (Phi) is 4.73. The highest BCUT2D eigenvalue weighted by atomic mass is 35.5. The molecule has 0 bridgehead atoms. The molecule has 0 aliphatic rings. The normalized spacial score (nSPS) is 12.3. The molecule has 1 aromatic heterocycles. The van der Waals surface area contributed by atoms with Gasteiger partial charge in [0.1, 0.15) is 0 Å². The maximum atomic E-state index is 10.0. The second kappa shape index (κ2) is 6.53. The second-order valence-corrected chi connectivity index (χ2v) is 4.72. The first kappa shape index (κ1) is 13.1. The minimum absolute atomic E-state index is 0.382. The molecule has 0 saturated carbocycles. The van der Waals surface area contributed by atoms with Crippen LogP contribution in [0, 0.1) is 0 Å². The maximum Gasteiger partial charge on any atom is 0.0584 e. The summed E-state index contributed by atoms with van der Waals surface area (Å²) in [6.07, 6.45) is 3.46. The Bertz CT molecular complexity index is 487. The molecule has 2 nitrogen and oxygen atoms in total. The average molecular weight is 262 g/mol. The summed E-state index contributed by atoms with van der Waals surface area (Å²) in [6, 6.07) is 13.5. The topological polar surface area (TPSA) is 33.1 Å². The Morgan fingerprint density at radius 3 is 2.61 bits per heavy atom. The molecule has 1 heterocycles. The van der Waals surface area contributed by atoms with Crippen LogP contribution < -0.4 is 0 Å². The van der Waals surface area contributed by atoms with Crippen molar-refractivity contribution in [2.24, 2.45) is 0 Å². The van der Waals surface area contributed by atoms with Gasteiger partial charge in [0.25, 0.3) is 0 Å². The van der Waals surface area contributed by atoms with E-state index < -0.39 is 0 Å². The lowest BCUT2D eigenvalue weighted by atomic mass is 10.0. The lowest BCUT2D eigenvalue weighted by Crippen LogP contribution is -2.12. The van der Waals surface area contributed by atoms with E-state index in [0.717, 1.165) is 22.7 Å². The van der Waals surface area contributed by atoms with Gasteiger partial charge in [-0.15, -0.1) is 0 Å². The summed E-state index contributed by atoms with van der Waals surface area (Å²) in [6.45, 7) is 0. The molecule has 0 fully saturated rings. The predicted molar refractivity (Wildman–Crippen MR) is 73.7 cm³/mol. The third kappa shape index (κ3) is 3.83. The highest BCUT2D eigenvalue weighted by Gasteiger charge is 2.08. The first-order chi connectivity index (χ1) is 8.75. The van der Waals surface area contributed by atoms with Crippen molar-refractivity contribution in [3.8, 4) is 0 Å². The Morgan fingerprint density at radius 2 is 1.89 bits per heavy atom. The van der Waals surface area contributed by atoms with Gasteiger partial charge in [-0.05, 0) is 43.0 Å².